The van der Waals surface area contributed by atoms with E-state index in [-0.39, 0.29) is 29.9 Å². The van der Waals surface area contributed by atoms with Crippen LogP contribution in [0.4, 0.5) is 0 Å². The zero-order valence-electron chi connectivity index (χ0n) is 16.6. The summed E-state index contributed by atoms with van der Waals surface area (Å²) in [5.74, 6) is 0.255. The van der Waals surface area contributed by atoms with Gasteiger partial charge in [-0.3, -0.25) is 4.79 Å². The van der Waals surface area contributed by atoms with Crippen molar-refractivity contribution in [3.05, 3.63) is 40.9 Å². The summed E-state index contributed by atoms with van der Waals surface area (Å²) < 4.78 is 23.7. The molecule has 1 saturated heterocycles. The van der Waals surface area contributed by atoms with Crippen molar-refractivity contribution in [2.45, 2.75) is 52.0 Å². The zero-order chi connectivity index (χ0) is 20.1. The van der Waals surface area contributed by atoms with Gasteiger partial charge in [0, 0.05) is 23.5 Å². The summed E-state index contributed by atoms with van der Waals surface area (Å²) in [5, 5.41) is 2.85. The average Bonchev–Trinajstić information content (AvgIpc) is 3.28. The highest BCUT2D eigenvalue weighted by molar-refractivity contribution is 7.91. The number of nitrogens with zero attached hydrogens (tertiary/aromatic N) is 2. The second kappa shape index (κ2) is 9.18. The highest BCUT2D eigenvalue weighted by Crippen LogP contribution is 2.25. The van der Waals surface area contributed by atoms with Crippen LogP contribution in [0.25, 0.3) is 10.6 Å². The zero-order valence-corrected chi connectivity index (χ0v) is 18.2. The summed E-state index contributed by atoms with van der Waals surface area (Å²) in [6.07, 6.45) is 3.63. The SMILES string of the molecule is CCCCN(C(=O)Cc1csc(-c2ccc(CC)cc2)n1)C1CCS(=O)(=O)C1. The number of hydrogen-bond acceptors (Lipinski definition) is 5. The minimum atomic E-state index is -3.02. The van der Waals surface area contributed by atoms with Gasteiger partial charge in [0.2, 0.25) is 5.91 Å². The molecule has 1 unspecified atom stereocenters. The van der Waals surface area contributed by atoms with Gasteiger partial charge in [-0.25, -0.2) is 13.4 Å². The van der Waals surface area contributed by atoms with Gasteiger partial charge < -0.3 is 4.90 Å². The third-order valence-electron chi connectivity index (χ3n) is 5.22. The summed E-state index contributed by atoms with van der Waals surface area (Å²) in [6.45, 7) is 4.82. The lowest BCUT2D eigenvalue weighted by Gasteiger charge is -2.28. The number of aromatic nitrogens is 1. The van der Waals surface area contributed by atoms with E-state index in [1.807, 2.05) is 5.38 Å². The first kappa shape index (κ1) is 21.0. The van der Waals surface area contributed by atoms with Crippen LogP contribution >= 0.6 is 11.3 Å². The molecule has 0 radical (unpaired) electrons. The fourth-order valence-corrected chi connectivity index (χ4v) is 6.08. The fourth-order valence-electron chi connectivity index (χ4n) is 3.52. The van der Waals surface area contributed by atoms with Crippen LogP contribution in [0.2, 0.25) is 0 Å². The van der Waals surface area contributed by atoms with Crippen LogP contribution < -0.4 is 0 Å². The lowest BCUT2D eigenvalue weighted by Crippen LogP contribution is -2.42. The number of sulfone groups is 1. The lowest BCUT2D eigenvalue weighted by molar-refractivity contribution is -0.132. The number of amides is 1. The Balaban J connectivity index is 1.70. The third kappa shape index (κ3) is 5.20. The van der Waals surface area contributed by atoms with Crippen molar-refractivity contribution in [2.75, 3.05) is 18.1 Å². The minimum absolute atomic E-state index is 0.0197. The number of carbonyl (C=O) groups excluding carboxylic acids is 1. The van der Waals surface area contributed by atoms with Crippen molar-refractivity contribution in [1.82, 2.24) is 9.88 Å². The molecule has 152 valence electrons. The fraction of sp³-hybridized carbons (Fsp3) is 0.524. The molecule has 0 spiro atoms. The summed E-state index contributed by atoms with van der Waals surface area (Å²) >= 11 is 1.54. The van der Waals surface area contributed by atoms with Gasteiger partial charge in [0.15, 0.2) is 9.84 Å². The maximum absolute atomic E-state index is 12.9. The molecular weight excluding hydrogens is 392 g/mol. The molecule has 1 amide bonds. The Bertz CT molecular complexity index is 904. The van der Waals surface area contributed by atoms with E-state index in [1.54, 1.807) is 16.2 Å². The van der Waals surface area contributed by atoms with Crippen molar-refractivity contribution in [1.29, 1.82) is 0 Å². The van der Waals surface area contributed by atoms with Gasteiger partial charge in [0.1, 0.15) is 5.01 Å². The first-order valence-electron chi connectivity index (χ1n) is 9.95. The monoisotopic (exact) mass is 420 g/mol. The maximum Gasteiger partial charge on any atom is 0.228 e. The van der Waals surface area contributed by atoms with E-state index in [9.17, 15) is 13.2 Å². The number of unbranched alkanes of at least 4 members (excludes halogenated alkanes) is 1. The van der Waals surface area contributed by atoms with Gasteiger partial charge in [0.05, 0.1) is 23.6 Å². The Labute approximate surface area is 171 Å². The Morgan fingerprint density at radius 2 is 2.00 bits per heavy atom. The number of rotatable bonds is 8. The van der Waals surface area contributed by atoms with Crippen molar-refractivity contribution < 1.29 is 13.2 Å². The third-order valence-corrected chi connectivity index (χ3v) is 7.91. The molecule has 1 aromatic heterocycles. The molecule has 1 aromatic carbocycles. The maximum atomic E-state index is 12.9. The van der Waals surface area contributed by atoms with Crippen molar-refractivity contribution >= 4 is 27.1 Å². The molecule has 1 aliphatic rings. The molecule has 1 atom stereocenters. The van der Waals surface area contributed by atoms with E-state index in [0.29, 0.717) is 13.0 Å². The number of thiazole rings is 1. The minimum Gasteiger partial charge on any atom is -0.338 e. The van der Waals surface area contributed by atoms with Crippen LogP contribution in [0.15, 0.2) is 29.6 Å². The van der Waals surface area contributed by atoms with Gasteiger partial charge in [-0.1, -0.05) is 44.5 Å². The van der Waals surface area contributed by atoms with E-state index in [0.717, 1.165) is 35.5 Å². The first-order chi connectivity index (χ1) is 13.4. The summed E-state index contributed by atoms with van der Waals surface area (Å²) in [4.78, 5) is 19.4. The van der Waals surface area contributed by atoms with Crippen LogP contribution in [0.1, 0.15) is 44.4 Å². The molecule has 0 saturated carbocycles. The quantitative estimate of drug-likeness (QED) is 0.653. The Morgan fingerprint density at radius 3 is 2.61 bits per heavy atom. The lowest BCUT2D eigenvalue weighted by atomic mass is 10.1. The molecule has 3 rings (SSSR count). The highest BCUT2D eigenvalue weighted by Gasteiger charge is 2.34. The molecule has 0 aliphatic carbocycles. The van der Waals surface area contributed by atoms with E-state index < -0.39 is 9.84 Å². The van der Waals surface area contributed by atoms with E-state index in [2.05, 4.69) is 43.1 Å². The molecule has 0 N–H and O–H groups in total. The highest BCUT2D eigenvalue weighted by atomic mass is 32.2. The van der Waals surface area contributed by atoms with Crippen LogP contribution in [0.5, 0.6) is 0 Å². The van der Waals surface area contributed by atoms with Crippen molar-refractivity contribution in [3.8, 4) is 10.6 Å². The van der Waals surface area contributed by atoms with Crippen LogP contribution in [0.3, 0.4) is 0 Å². The molecule has 28 heavy (non-hydrogen) atoms. The Kier molecular flexibility index (Phi) is 6.88. The summed E-state index contributed by atoms with van der Waals surface area (Å²) in [6, 6.07) is 8.16. The van der Waals surface area contributed by atoms with E-state index >= 15 is 0 Å². The van der Waals surface area contributed by atoms with Gasteiger partial charge in [-0.2, -0.15) is 0 Å². The second-order valence-corrected chi connectivity index (χ2v) is 10.5. The van der Waals surface area contributed by atoms with Crippen molar-refractivity contribution in [3.63, 3.8) is 0 Å². The Morgan fingerprint density at radius 1 is 1.25 bits per heavy atom. The molecule has 1 aliphatic heterocycles. The predicted octanol–water partition coefficient (Wildman–Crippen LogP) is 3.73. The number of hydrogen-bond donors (Lipinski definition) is 0. The number of benzene rings is 1. The van der Waals surface area contributed by atoms with Gasteiger partial charge >= 0.3 is 0 Å². The molecule has 5 nitrogen and oxygen atoms in total. The Hall–Kier alpha value is -1.73. The molecule has 2 aromatic rings. The molecule has 7 heteroatoms. The topological polar surface area (TPSA) is 67.3 Å². The van der Waals surface area contributed by atoms with Gasteiger partial charge in [-0.15, -0.1) is 11.3 Å². The normalized spacial score (nSPS) is 18.3. The predicted molar refractivity (Wildman–Crippen MR) is 114 cm³/mol. The van der Waals surface area contributed by atoms with Gasteiger partial charge in [0.25, 0.3) is 0 Å². The van der Waals surface area contributed by atoms with Crippen molar-refractivity contribution in [2.24, 2.45) is 0 Å². The first-order valence-corrected chi connectivity index (χ1v) is 12.7. The van der Waals surface area contributed by atoms with E-state index in [1.165, 1.54) is 5.56 Å². The largest absolute Gasteiger partial charge is 0.338 e. The standard InChI is InChI=1S/C21H28N2O3S2/c1-3-5-11-23(19-10-12-28(25,26)15-19)20(24)13-18-14-27-21(22-18)17-8-6-16(4-2)7-9-17/h6-9,14,19H,3-5,10-13,15H2,1-2H3. The molecule has 0 bridgehead atoms. The van der Waals surface area contributed by atoms with Crippen LogP contribution in [-0.2, 0) is 27.5 Å². The van der Waals surface area contributed by atoms with Crippen LogP contribution in [-0.4, -0.2) is 48.3 Å². The second-order valence-electron chi connectivity index (χ2n) is 7.37. The summed E-state index contributed by atoms with van der Waals surface area (Å²) in [5.41, 5.74) is 3.10. The molecular formula is C21H28N2O3S2. The smallest absolute Gasteiger partial charge is 0.228 e. The average molecular weight is 421 g/mol. The van der Waals surface area contributed by atoms with Gasteiger partial charge in [-0.05, 0) is 24.8 Å². The molecule has 1 fully saturated rings. The molecule has 2 heterocycles. The number of carbonyl (C=O) groups is 1. The summed E-state index contributed by atoms with van der Waals surface area (Å²) in [7, 11) is -3.02. The van der Waals surface area contributed by atoms with E-state index in [4.69, 9.17) is 0 Å². The van der Waals surface area contributed by atoms with Crippen LogP contribution in [0, 0.1) is 0 Å². The number of aryl methyl sites for hydroxylation is 1.